The second-order valence-electron chi connectivity index (χ2n) is 17.0. The Morgan fingerprint density at radius 2 is 1.63 bits per heavy atom. The van der Waals surface area contributed by atoms with E-state index in [0.29, 0.717) is 49.0 Å². The van der Waals surface area contributed by atoms with E-state index in [1.54, 1.807) is 24.4 Å². The lowest BCUT2D eigenvalue weighted by Crippen LogP contribution is -2.27. The van der Waals surface area contributed by atoms with Crippen molar-refractivity contribution in [3.05, 3.63) is 131 Å². The number of pyridine rings is 1. The number of amides is 1. The Morgan fingerprint density at radius 3 is 2.31 bits per heavy atom. The van der Waals surface area contributed by atoms with E-state index >= 15 is 0 Å². The van der Waals surface area contributed by atoms with Gasteiger partial charge in [-0.1, -0.05) is 61.7 Å². The zero-order valence-electron chi connectivity index (χ0n) is 37.7. The van der Waals surface area contributed by atoms with Crippen LogP contribution in [0.4, 0.5) is 11.4 Å². The monoisotopic (exact) mass is 919 g/mol. The molecule has 1 amide bonds. The molecule has 5 aromatic rings. The van der Waals surface area contributed by atoms with Crippen LogP contribution >= 0.6 is 12.0 Å². The molecule has 0 fully saturated rings. The van der Waals surface area contributed by atoms with Crippen molar-refractivity contribution < 1.29 is 46.5 Å². The number of carboxylic acids is 1. The summed E-state index contributed by atoms with van der Waals surface area (Å²) >= 11 is 1.08. The highest BCUT2D eigenvalue weighted by molar-refractivity contribution is 7.94. The van der Waals surface area contributed by atoms with Gasteiger partial charge in [-0.15, -0.1) is 4.33 Å². The number of carboxylic acid groups (broad SMARTS) is 1. The van der Waals surface area contributed by atoms with E-state index in [9.17, 15) is 22.6 Å². The summed E-state index contributed by atoms with van der Waals surface area (Å²) in [4.78, 5) is 36.4. The average molecular weight is 920 g/mol. The number of rotatable bonds is 18. The molecule has 0 bridgehead atoms. The van der Waals surface area contributed by atoms with Gasteiger partial charge in [0, 0.05) is 76.1 Å². The number of nitrogens with one attached hydrogen (secondary N) is 1. The first-order chi connectivity index (χ1) is 31.0. The van der Waals surface area contributed by atoms with E-state index in [-0.39, 0.29) is 17.2 Å². The van der Waals surface area contributed by atoms with Crippen LogP contribution in [0, 0.1) is 0 Å². The molecule has 3 N–H and O–H groups in total. The lowest BCUT2D eigenvalue weighted by molar-refractivity contribution is -0.447. The van der Waals surface area contributed by atoms with Crippen LogP contribution in [-0.4, -0.2) is 72.0 Å². The van der Waals surface area contributed by atoms with Gasteiger partial charge in [0.25, 0.3) is 16.0 Å². The first-order valence-electron chi connectivity index (χ1n) is 21.7. The van der Waals surface area contributed by atoms with Gasteiger partial charge in [0.05, 0.1) is 35.8 Å². The molecule has 2 aliphatic heterocycles. The van der Waals surface area contributed by atoms with Crippen LogP contribution in [0.3, 0.4) is 0 Å². The number of anilines is 1. The van der Waals surface area contributed by atoms with E-state index in [1.165, 1.54) is 18.7 Å². The molecule has 0 saturated carbocycles. The molecule has 7 rings (SSSR count). The van der Waals surface area contributed by atoms with E-state index in [0.717, 1.165) is 73.6 Å². The molecule has 0 spiro atoms. The first kappa shape index (κ1) is 47.3. The van der Waals surface area contributed by atoms with Crippen molar-refractivity contribution in [2.75, 3.05) is 31.6 Å². The number of allylic oxidation sites excluding steroid dienone is 6. The van der Waals surface area contributed by atoms with Gasteiger partial charge in [0.15, 0.2) is 5.71 Å². The van der Waals surface area contributed by atoms with E-state index in [1.807, 2.05) is 36.4 Å². The third-order valence-corrected chi connectivity index (χ3v) is 13.9. The Morgan fingerprint density at radius 1 is 0.892 bits per heavy atom. The van der Waals surface area contributed by atoms with Crippen molar-refractivity contribution in [2.45, 2.75) is 87.8 Å². The molecule has 3 heterocycles. The van der Waals surface area contributed by atoms with Crippen LogP contribution in [0.5, 0.6) is 0 Å². The summed E-state index contributed by atoms with van der Waals surface area (Å²) in [6.45, 7) is 14.7. The Labute approximate surface area is 384 Å². The molecule has 0 atom stereocenters. The summed E-state index contributed by atoms with van der Waals surface area (Å²) in [6, 6.07) is 22.6. The Hall–Kier alpha value is -5.68. The molecule has 65 heavy (non-hydrogen) atoms. The maximum absolute atomic E-state index is 13.1. The van der Waals surface area contributed by atoms with E-state index in [2.05, 4.69) is 97.6 Å². The lowest BCUT2D eigenvalue weighted by atomic mass is 9.79. The van der Waals surface area contributed by atoms with Crippen LogP contribution in [0.15, 0.2) is 119 Å². The number of nitrogens with zero attached hydrogens (tertiary/aromatic N) is 3. The number of aromatic nitrogens is 1. The molecule has 15 heteroatoms. The number of fused-ring (bicyclic) bond motifs is 6. The zero-order valence-corrected chi connectivity index (χ0v) is 39.3. The van der Waals surface area contributed by atoms with Crippen molar-refractivity contribution in [3.63, 3.8) is 0 Å². The minimum absolute atomic E-state index is 0.106. The maximum Gasteiger partial charge on any atom is 0.303 e. The minimum Gasteiger partial charge on any atom is -0.481 e. The topological polar surface area (TPSA) is 168 Å². The van der Waals surface area contributed by atoms with Gasteiger partial charge in [0.1, 0.15) is 11.4 Å². The molecule has 13 nitrogen and oxygen atoms in total. The van der Waals surface area contributed by atoms with Crippen molar-refractivity contribution in [1.29, 1.82) is 0 Å². The Bertz CT molecular complexity index is 2900. The van der Waals surface area contributed by atoms with E-state index < -0.39 is 26.9 Å². The number of carbonyl (C=O) groups is 2. The molecule has 340 valence electrons. The average Bonchev–Trinajstić information content (AvgIpc) is 3.65. The SMILES string of the molecule is CCN1C(=CC=C(C=CC2=[N+](CC)c3ccc4c(SOOOC)cccc4c3C2(C)C)c2ccc(C(=O)NCCCCCC(=O)O)cn2)C(C)(C)c2c1ccc1c(S(=O)(=O)O)cccc21. The predicted molar refractivity (Wildman–Crippen MR) is 255 cm³/mol. The fraction of sp³-hybridized carbons (Fsp3) is 0.320. The molecule has 1 aromatic heterocycles. The van der Waals surface area contributed by atoms with Gasteiger partial charge in [-0.3, -0.25) is 19.1 Å². The van der Waals surface area contributed by atoms with Gasteiger partial charge in [-0.25, -0.2) is 4.89 Å². The van der Waals surface area contributed by atoms with Crippen molar-refractivity contribution >= 4 is 78.2 Å². The Balaban J connectivity index is 1.29. The van der Waals surface area contributed by atoms with Crippen LogP contribution in [0.2, 0.25) is 0 Å². The molecule has 2 aliphatic rings. The fourth-order valence-electron chi connectivity index (χ4n) is 9.39. The second-order valence-corrected chi connectivity index (χ2v) is 19.1. The Kier molecular flexibility index (Phi) is 14.1. The summed E-state index contributed by atoms with van der Waals surface area (Å²) in [5, 5.41) is 19.9. The number of likely N-dealkylation sites (N-methyl/N-ethyl adjacent to an activating group) is 1. The highest BCUT2D eigenvalue weighted by Gasteiger charge is 2.45. The summed E-state index contributed by atoms with van der Waals surface area (Å²) in [5.41, 5.74) is 7.10. The van der Waals surface area contributed by atoms with Crippen molar-refractivity contribution in [1.82, 2.24) is 10.3 Å². The minimum atomic E-state index is -4.47. The zero-order chi connectivity index (χ0) is 46.7. The van der Waals surface area contributed by atoms with Gasteiger partial charge in [-0.2, -0.15) is 13.0 Å². The number of hydrogen-bond acceptors (Lipinski definition) is 10. The number of carbonyl (C=O) groups excluding carboxylic acids is 1. The molecule has 0 saturated heterocycles. The molecule has 0 radical (unpaired) electrons. The van der Waals surface area contributed by atoms with Gasteiger partial charge in [-0.05, 0) is 111 Å². The van der Waals surface area contributed by atoms with Gasteiger partial charge < -0.3 is 15.3 Å². The quantitative estimate of drug-likeness (QED) is 0.0145. The van der Waals surface area contributed by atoms with Gasteiger partial charge >= 0.3 is 5.97 Å². The number of unbranched alkanes of at least 4 members (excludes halogenated alkanes) is 2. The normalized spacial score (nSPS) is 16.3. The largest absolute Gasteiger partial charge is 0.481 e. The summed E-state index contributed by atoms with van der Waals surface area (Å²) in [5.74, 6) is -1.09. The van der Waals surface area contributed by atoms with Crippen LogP contribution < -0.4 is 10.2 Å². The number of hydrogen-bond donors (Lipinski definition) is 3. The summed E-state index contributed by atoms with van der Waals surface area (Å²) in [6.07, 6.45) is 12.0. The fourth-order valence-corrected chi connectivity index (χ4v) is 10.7. The molecule has 0 aliphatic carbocycles. The molecular weight excluding hydrogens is 865 g/mol. The first-order valence-corrected chi connectivity index (χ1v) is 23.9. The smallest absolute Gasteiger partial charge is 0.303 e. The number of benzene rings is 4. The van der Waals surface area contributed by atoms with Crippen LogP contribution in [-0.2, 0) is 40.0 Å². The molecule has 0 unspecified atom stereocenters. The summed E-state index contributed by atoms with van der Waals surface area (Å²) in [7, 11) is -3.09. The third kappa shape index (κ3) is 9.40. The van der Waals surface area contributed by atoms with E-state index in [4.69, 9.17) is 19.5 Å². The lowest BCUT2D eigenvalue weighted by Gasteiger charge is -2.26. The second kappa shape index (κ2) is 19.4. The molecular formula is C50H55N4O9S2+. The van der Waals surface area contributed by atoms with Crippen LogP contribution in [0.25, 0.3) is 27.1 Å². The highest BCUT2D eigenvalue weighted by atomic mass is 32.2. The highest BCUT2D eigenvalue weighted by Crippen LogP contribution is 2.51. The van der Waals surface area contributed by atoms with Crippen molar-refractivity contribution in [2.24, 2.45) is 0 Å². The predicted octanol–water partition coefficient (Wildman–Crippen LogP) is 10.3. The summed E-state index contributed by atoms with van der Waals surface area (Å²) < 4.78 is 42.5. The molecule has 4 aromatic carbocycles. The maximum atomic E-state index is 13.1. The van der Waals surface area contributed by atoms with Gasteiger partial charge in [0.2, 0.25) is 5.69 Å². The van der Waals surface area contributed by atoms with Crippen molar-refractivity contribution in [3.8, 4) is 0 Å². The standard InChI is InChI=1S/C50H54N4O9S2/c1-8-53-39-26-23-34-36(15-13-17-41(34)64-63-62-61-7)46(39)49(3,4)43(53)28-21-32(38-25-20-33(31-52-38)48(57)51-30-12-10-11-19-45(55)56)22-29-44-50(5,6)47-37-16-14-18-42(65(58,59)60)35(37)24-27-40(47)54(44)9-2/h13-18,20-29,31H,8-12,19,30H2,1-7H3,(H2-,51,55,56,57,58,59,60)/p+1. The van der Waals surface area contributed by atoms with Crippen LogP contribution in [0.1, 0.15) is 94.4 Å². The number of aliphatic carboxylic acids is 1. The third-order valence-electron chi connectivity index (χ3n) is 12.3.